The van der Waals surface area contributed by atoms with Crippen LogP contribution in [0.15, 0.2) is 30.3 Å². The summed E-state index contributed by atoms with van der Waals surface area (Å²) in [7, 11) is 0. The van der Waals surface area contributed by atoms with Crippen LogP contribution in [0.25, 0.3) is 0 Å². The van der Waals surface area contributed by atoms with Crippen molar-refractivity contribution in [1.29, 1.82) is 0 Å². The first-order chi connectivity index (χ1) is 7.65. The molecule has 2 nitrogen and oxygen atoms in total. The largest absolute Gasteiger partial charge is 0.353 e. The maximum Gasteiger partial charge on any atom is 0.227 e. The van der Waals surface area contributed by atoms with E-state index in [2.05, 4.69) is 12.2 Å². The summed E-state index contributed by atoms with van der Waals surface area (Å²) >= 11 is 0. The molecule has 1 N–H and O–H groups in total. The minimum absolute atomic E-state index is 0.00593. The summed E-state index contributed by atoms with van der Waals surface area (Å²) in [6.07, 6.45) is 1.92. The van der Waals surface area contributed by atoms with E-state index in [-0.39, 0.29) is 17.9 Å². The van der Waals surface area contributed by atoms with E-state index >= 15 is 0 Å². The zero-order valence-corrected chi connectivity index (χ0v) is 10.4. The van der Waals surface area contributed by atoms with Crippen molar-refractivity contribution in [3.63, 3.8) is 0 Å². The van der Waals surface area contributed by atoms with Gasteiger partial charge in [0.05, 0.1) is 5.92 Å². The molecule has 16 heavy (non-hydrogen) atoms. The van der Waals surface area contributed by atoms with E-state index < -0.39 is 0 Å². The number of carbonyl (C=O) groups is 1. The predicted molar refractivity (Wildman–Crippen MR) is 67.4 cm³/mol. The standard InChI is InChI=1S/C14H21NO/c1-4-8-13(14(16)15-11(2)3)12-9-6-5-7-10-12/h5-7,9-11,13H,4,8H2,1-3H3,(H,15,16). The van der Waals surface area contributed by atoms with E-state index in [4.69, 9.17) is 0 Å². The molecule has 0 aliphatic heterocycles. The number of benzene rings is 1. The lowest BCUT2D eigenvalue weighted by atomic mass is 9.93. The average Bonchev–Trinajstić information content (AvgIpc) is 2.26. The van der Waals surface area contributed by atoms with Crippen LogP contribution >= 0.6 is 0 Å². The predicted octanol–water partition coefficient (Wildman–Crippen LogP) is 3.09. The smallest absolute Gasteiger partial charge is 0.227 e. The Hall–Kier alpha value is -1.31. The molecule has 1 aromatic rings. The highest BCUT2D eigenvalue weighted by molar-refractivity contribution is 5.83. The third-order valence-electron chi connectivity index (χ3n) is 2.53. The van der Waals surface area contributed by atoms with Crippen molar-refractivity contribution in [1.82, 2.24) is 5.32 Å². The Morgan fingerprint density at radius 3 is 2.38 bits per heavy atom. The maximum atomic E-state index is 12.0. The van der Waals surface area contributed by atoms with Gasteiger partial charge in [-0.05, 0) is 25.8 Å². The SMILES string of the molecule is CCCC(C(=O)NC(C)C)c1ccccc1. The van der Waals surface area contributed by atoms with Gasteiger partial charge >= 0.3 is 0 Å². The van der Waals surface area contributed by atoms with Crippen LogP contribution < -0.4 is 5.32 Å². The molecule has 0 aromatic heterocycles. The monoisotopic (exact) mass is 219 g/mol. The summed E-state index contributed by atoms with van der Waals surface area (Å²) in [4.78, 5) is 12.0. The molecule has 0 spiro atoms. The van der Waals surface area contributed by atoms with Gasteiger partial charge in [-0.2, -0.15) is 0 Å². The van der Waals surface area contributed by atoms with Crippen molar-refractivity contribution in [2.45, 2.75) is 45.6 Å². The van der Waals surface area contributed by atoms with Gasteiger partial charge in [-0.1, -0.05) is 43.7 Å². The highest BCUT2D eigenvalue weighted by atomic mass is 16.1. The first-order valence-electron chi connectivity index (χ1n) is 6.00. The molecule has 88 valence electrons. The number of amides is 1. The van der Waals surface area contributed by atoms with Gasteiger partial charge in [-0.3, -0.25) is 4.79 Å². The van der Waals surface area contributed by atoms with Gasteiger partial charge in [0.15, 0.2) is 0 Å². The lowest BCUT2D eigenvalue weighted by Gasteiger charge is -2.18. The molecule has 1 rings (SSSR count). The van der Waals surface area contributed by atoms with Gasteiger partial charge in [0.2, 0.25) is 5.91 Å². The molecule has 2 heteroatoms. The normalized spacial score (nSPS) is 12.5. The molecule has 0 aliphatic carbocycles. The van der Waals surface area contributed by atoms with Crippen LogP contribution in [0.1, 0.15) is 45.1 Å². The van der Waals surface area contributed by atoms with Gasteiger partial charge in [-0.15, -0.1) is 0 Å². The summed E-state index contributed by atoms with van der Waals surface area (Å²) in [5.41, 5.74) is 1.11. The minimum atomic E-state index is -0.00593. The Labute approximate surface area is 98.1 Å². The molecule has 0 radical (unpaired) electrons. The minimum Gasteiger partial charge on any atom is -0.353 e. The summed E-state index contributed by atoms with van der Waals surface area (Å²) in [5.74, 6) is 0.136. The van der Waals surface area contributed by atoms with Crippen LogP contribution in [0.5, 0.6) is 0 Å². The van der Waals surface area contributed by atoms with E-state index in [9.17, 15) is 4.79 Å². The van der Waals surface area contributed by atoms with Gasteiger partial charge < -0.3 is 5.32 Å². The molecule has 0 bridgehead atoms. The van der Waals surface area contributed by atoms with Crippen molar-refractivity contribution in [3.8, 4) is 0 Å². The maximum absolute atomic E-state index is 12.0. The fraction of sp³-hybridized carbons (Fsp3) is 0.500. The molecule has 0 saturated carbocycles. The van der Waals surface area contributed by atoms with Gasteiger partial charge in [0, 0.05) is 6.04 Å². The lowest BCUT2D eigenvalue weighted by Crippen LogP contribution is -2.34. The van der Waals surface area contributed by atoms with Crippen molar-refractivity contribution in [2.75, 3.05) is 0 Å². The molecular weight excluding hydrogens is 198 g/mol. The second kappa shape index (κ2) is 6.31. The Morgan fingerprint density at radius 1 is 1.25 bits per heavy atom. The number of nitrogens with one attached hydrogen (secondary N) is 1. The summed E-state index contributed by atoms with van der Waals surface area (Å²) in [5, 5.41) is 2.99. The quantitative estimate of drug-likeness (QED) is 0.810. The van der Waals surface area contributed by atoms with Crippen LogP contribution in [-0.4, -0.2) is 11.9 Å². The van der Waals surface area contributed by atoms with Crippen LogP contribution in [0.3, 0.4) is 0 Å². The summed E-state index contributed by atoms with van der Waals surface area (Å²) in [6.45, 7) is 6.09. The second-order valence-electron chi connectivity index (χ2n) is 4.42. The molecule has 0 saturated heterocycles. The molecule has 1 atom stereocenters. The summed E-state index contributed by atoms with van der Waals surface area (Å²) < 4.78 is 0. The number of rotatable bonds is 5. The van der Waals surface area contributed by atoms with E-state index in [1.54, 1.807) is 0 Å². The van der Waals surface area contributed by atoms with Crippen LogP contribution in [-0.2, 0) is 4.79 Å². The Morgan fingerprint density at radius 2 is 1.88 bits per heavy atom. The number of hydrogen-bond donors (Lipinski definition) is 1. The van der Waals surface area contributed by atoms with Gasteiger partial charge in [0.25, 0.3) is 0 Å². The van der Waals surface area contributed by atoms with Gasteiger partial charge in [-0.25, -0.2) is 0 Å². The highest BCUT2D eigenvalue weighted by Gasteiger charge is 2.19. The Balaban J connectivity index is 2.79. The third-order valence-corrected chi connectivity index (χ3v) is 2.53. The third kappa shape index (κ3) is 3.69. The van der Waals surface area contributed by atoms with E-state index in [0.29, 0.717) is 0 Å². The van der Waals surface area contributed by atoms with E-state index in [1.165, 1.54) is 0 Å². The molecule has 0 aliphatic rings. The van der Waals surface area contributed by atoms with Crippen molar-refractivity contribution in [2.24, 2.45) is 0 Å². The van der Waals surface area contributed by atoms with Crippen LogP contribution in [0.2, 0.25) is 0 Å². The van der Waals surface area contributed by atoms with Crippen molar-refractivity contribution >= 4 is 5.91 Å². The number of hydrogen-bond acceptors (Lipinski definition) is 1. The Bertz CT molecular complexity index is 319. The molecule has 1 aromatic carbocycles. The fourth-order valence-electron chi connectivity index (χ4n) is 1.81. The zero-order chi connectivity index (χ0) is 12.0. The van der Waals surface area contributed by atoms with Gasteiger partial charge in [0.1, 0.15) is 0 Å². The van der Waals surface area contributed by atoms with Crippen molar-refractivity contribution < 1.29 is 4.79 Å². The van der Waals surface area contributed by atoms with Crippen LogP contribution in [0, 0.1) is 0 Å². The molecule has 1 amide bonds. The topological polar surface area (TPSA) is 29.1 Å². The Kier molecular flexibility index (Phi) is 5.03. The average molecular weight is 219 g/mol. The lowest BCUT2D eigenvalue weighted by molar-refractivity contribution is -0.123. The van der Waals surface area contributed by atoms with Crippen molar-refractivity contribution in [3.05, 3.63) is 35.9 Å². The zero-order valence-electron chi connectivity index (χ0n) is 10.4. The first kappa shape index (κ1) is 12.8. The number of carbonyl (C=O) groups excluding carboxylic acids is 1. The first-order valence-corrected chi connectivity index (χ1v) is 6.00. The molecular formula is C14H21NO. The second-order valence-corrected chi connectivity index (χ2v) is 4.42. The highest BCUT2D eigenvalue weighted by Crippen LogP contribution is 2.21. The molecule has 0 heterocycles. The fourth-order valence-corrected chi connectivity index (χ4v) is 1.81. The summed E-state index contributed by atoms with van der Waals surface area (Å²) in [6, 6.07) is 10.2. The molecule has 0 fully saturated rings. The van der Waals surface area contributed by atoms with Crippen LogP contribution in [0.4, 0.5) is 0 Å². The van der Waals surface area contributed by atoms with E-state index in [0.717, 1.165) is 18.4 Å². The molecule has 1 unspecified atom stereocenters. The van der Waals surface area contributed by atoms with E-state index in [1.807, 2.05) is 44.2 Å².